The SMILES string of the molecule is COC(C)(C)C(=O)N1CCC(C)(O)CC1. The standard InChI is InChI=1S/C11H21NO3/c1-10(2,15-4)9(13)12-7-5-11(3,14)6-8-12/h14H,5-8H2,1-4H3. The summed E-state index contributed by atoms with van der Waals surface area (Å²) >= 11 is 0. The first kappa shape index (κ1) is 12.5. The molecule has 0 spiro atoms. The lowest BCUT2D eigenvalue weighted by Gasteiger charge is -2.38. The fourth-order valence-electron chi connectivity index (χ4n) is 1.66. The van der Waals surface area contributed by atoms with Gasteiger partial charge in [0.15, 0.2) is 0 Å². The molecule has 1 fully saturated rings. The van der Waals surface area contributed by atoms with Crippen molar-refractivity contribution in [3.63, 3.8) is 0 Å². The number of aliphatic hydroxyl groups is 1. The fraction of sp³-hybridized carbons (Fsp3) is 0.909. The minimum absolute atomic E-state index is 0.000463. The van der Waals surface area contributed by atoms with Gasteiger partial charge in [-0.05, 0) is 33.6 Å². The van der Waals surface area contributed by atoms with E-state index in [1.165, 1.54) is 7.11 Å². The molecule has 88 valence electrons. The molecule has 0 saturated carbocycles. The van der Waals surface area contributed by atoms with Crippen LogP contribution in [0.3, 0.4) is 0 Å². The van der Waals surface area contributed by atoms with Gasteiger partial charge >= 0.3 is 0 Å². The van der Waals surface area contributed by atoms with E-state index in [1.807, 2.05) is 6.92 Å². The number of carbonyl (C=O) groups is 1. The maximum atomic E-state index is 12.0. The van der Waals surface area contributed by atoms with Gasteiger partial charge < -0.3 is 14.7 Å². The summed E-state index contributed by atoms with van der Waals surface area (Å²) in [6, 6.07) is 0. The van der Waals surface area contributed by atoms with E-state index in [2.05, 4.69) is 0 Å². The quantitative estimate of drug-likeness (QED) is 0.740. The number of amides is 1. The molecule has 1 N–H and O–H groups in total. The Balaban J connectivity index is 2.58. The molecular weight excluding hydrogens is 194 g/mol. The minimum atomic E-state index is -0.761. The molecule has 1 saturated heterocycles. The Morgan fingerprint density at radius 1 is 1.40 bits per heavy atom. The number of piperidine rings is 1. The second-order valence-corrected chi connectivity index (χ2v) is 5.00. The van der Waals surface area contributed by atoms with Gasteiger partial charge in [-0.2, -0.15) is 0 Å². The molecule has 0 aromatic rings. The van der Waals surface area contributed by atoms with Gasteiger partial charge in [-0.1, -0.05) is 0 Å². The summed E-state index contributed by atoms with van der Waals surface area (Å²) in [7, 11) is 1.54. The number of carbonyl (C=O) groups excluding carboxylic acids is 1. The highest BCUT2D eigenvalue weighted by Crippen LogP contribution is 2.23. The van der Waals surface area contributed by atoms with Crippen molar-refractivity contribution >= 4 is 5.91 Å². The van der Waals surface area contributed by atoms with Crippen molar-refractivity contribution in [2.45, 2.75) is 44.8 Å². The van der Waals surface area contributed by atoms with Gasteiger partial charge in [0.05, 0.1) is 5.60 Å². The number of hydrogen-bond donors (Lipinski definition) is 1. The number of nitrogens with zero attached hydrogens (tertiary/aromatic N) is 1. The predicted molar refractivity (Wildman–Crippen MR) is 57.5 cm³/mol. The van der Waals surface area contributed by atoms with Crippen molar-refractivity contribution < 1.29 is 14.6 Å². The van der Waals surface area contributed by atoms with E-state index < -0.39 is 11.2 Å². The molecule has 0 bridgehead atoms. The Bertz CT molecular complexity index is 238. The third-order valence-corrected chi connectivity index (χ3v) is 3.15. The van der Waals surface area contributed by atoms with Gasteiger partial charge in [0.2, 0.25) is 0 Å². The predicted octanol–water partition coefficient (Wildman–Crippen LogP) is 0.785. The van der Waals surface area contributed by atoms with Crippen LogP contribution in [0.2, 0.25) is 0 Å². The van der Waals surface area contributed by atoms with E-state index in [1.54, 1.807) is 18.7 Å². The van der Waals surface area contributed by atoms with E-state index >= 15 is 0 Å². The van der Waals surface area contributed by atoms with Crippen LogP contribution in [-0.4, -0.2) is 47.3 Å². The van der Waals surface area contributed by atoms with Crippen LogP contribution in [0.25, 0.3) is 0 Å². The van der Waals surface area contributed by atoms with Crippen molar-refractivity contribution in [1.82, 2.24) is 4.90 Å². The maximum Gasteiger partial charge on any atom is 0.254 e. The van der Waals surface area contributed by atoms with Crippen molar-refractivity contribution in [2.75, 3.05) is 20.2 Å². The lowest BCUT2D eigenvalue weighted by atomic mass is 9.93. The molecule has 4 heteroatoms. The van der Waals surface area contributed by atoms with Gasteiger partial charge in [-0.25, -0.2) is 0 Å². The lowest BCUT2D eigenvalue weighted by molar-refractivity contribution is -0.154. The number of rotatable bonds is 2. The number of ether oxygens (including phenoxy) is 1. The lowest BCUT2D eigenvalue weighted by Crippen LogP contribution is -2.52. The molecule has 1 heterocycles. The Labute approximate surface area is 91.2 Å². The third kappa shape index (κ3) is 2.92. The number of hydrogen-bond acceptors (Lipinski definition) is 3. The van der Waals surface area contributed by atoms with Crippen LogP contribution in [0.15, 0.2) is 0 Å². The first-order valence-electron chi connectivity index (χ1n) is 5.35. The first-order valence-corrected chi connectivity index (χ1v) is 5.35. The molecule has 0 unspecified atom stereocenters. The van der Waals surface area contributed by atoms with E-state index in [4.69, 9.17) is 4.74 Å². The monoisotopic (exact) mass is 215 g/mol. The molecule has 15 heavy (non-hydrogen) atoms. The van der Waals surface area contributed by atoms with Gasteiger partial charge in [0.1, 0.15) is 5.60 Å². The first-order chi connectivity index (χ1) is 6.78. The number of methoxy groups -OCH3 is 1. The van der Waals surface area contributed by atoms with Gasteiger partial charge in [-0.3, -0.25) is 4.79 Å². The molecule has 4 nitrogen and oxygen atoms in total. The molecule has 0 atom stereocenters. The average Bonchev–Trinajstić information content (AvgIpc) is 2.17. The highest BCUT2D eigenvalue weighted by atomic mass is 16.5. The highest BCUT2D eigenvalue weighted by Gasteiger charge is 2.36. The summed E-state index contributed by atoms with van der Waals surface area (Å²) in [5.41, 5.74) is -1.38. The van der Waals surface area contributed by atoms with E-state index in [9.17, 15) is 9.90 Å². The summed E-state index contributed by atoms with van der Waals surface area (Å²) in [6.45, 7) is 6.57. The van der Waals surface area contributed by atoms with Crippen LogP contribution in [0.5, 0.6) is 0 Å². The summed E-state index contributed by atoms with van der Waals surface area (Å²) in [4.78, 5) is 13.7. The zero-order chi connectivity index (χ0) is 11.7. The molecule has 0 aromatic carbocycles. The zero-order valence-corrected chi connectivity index (χ0v) is 10.0. The average molecular weight is 215 g/mol. The van der Waals surface area contributed by atoms with E-state index in [-0.39, 0.29) is 5.91 Å². The van der Waals surface area contributed by atoms with Crippen molar-refractivity contribution in [3.8, 4) is 0 Å². The Hall–Kier alpha value is -0.610. The smallest absolute Gasteiger partial charge is 0.254 e. The van der Waals surface area contributed by atoms with Crippen LogP contribution in [-0.2, 0) is 9.53 Å². The van der Waals surface area contributed by atoms with Crippen LogP contribution >= 0.6 is 0 Å². The maximum absolute atomic E-state index is 12.0. The van der Waals surface area contributed by atoms with E-state index in [0.29, 0.717) is 25.9 Å². The molecule has 0 radical (unpaired) electrons. The van der Waals surface area contributed by atoms with Gasteiger partial charge in [0, 0.05) is 20.2 Å². The van der Waals surface area contributed by atoms with E-state index in [0.717, 1.165) is 0 Å². The summed E-state index contributed by atoms with van der Waals surface area (Å²) in [5, 5.41) is 9.76. The van der Waals surface area contributed by atoms with Crippen LogP contribution in [0.4, 0.5) is 0 Å². The second kappa shape index (κ2) is 4.10. The molecule has 1 aliphatic heterocycles. The molecule has 0 aromatic heterocycles. The molecule has 1 aliphatic rings. The summed E-state index contributed by atoms with van der Waals surface area (Å²) in [5.74, 6) is 0.000463. The third-order valence-electron chi connectivity index (χ3n) is 3.15. The van der Waals surface area contributed by atoms with Crippen LogP contribution in [0.1, 0.15) is 33.6 Å². The highest BCUT2D eigenvalue weighted by molar-refractivity contribution is 5.84. The second-order valence-electron chi connectivity index (χ2n) is 5.00. The van der Waals surface area contributed by atoms with Gasteiger partial charge in [-0.15, -0.1) is 0 Å². The minimum Gasteiger partial charge on any atom is -0.390 e. The normalized spacial score (nSPS) is 21.5. The molecule has 1 amide bonds. The number of likely N-dealkylation sites (tertiary alicyclic amines) is 1. The fourth-order valence-corrected chi connectivity index (χ4v) is 1.66. The van der Waals surface area contributed by atoms with Crippen LogP contribution < -0.4 is 0 Å². The Morgan fingerprint density at radius 3 is 2.27 bits per heavy atom. The summed E-state index contributed by atoms with van der Waals surface area (Å²) < 4.78 is 5.15. The Morgan fingerprint density at radius 2 is 1.87 bits per heavy atom. The zero-order valence-electron chi connectivity index (χ0n) is 10.0. The molecule has 1 rings (SSSR count). The Kier molecular flexibility index (Phi) is 3.41. The van der Waals surface area contributed by atoms with Crippen molar-refractivity contribution in [2.24, 2.45) is 0 Å². The molecule has 0 aliphatic carbocycles. The molecular formula is C11H21NO3. The van der Waals surface area contributed by atoms with Crippen molar-refractivity contribution in [3.05, 3.63) is 0 Å². The van der Waals surface area contributed by atoms with Crippen LogP contribution in [0, 0.1) is 0 Å². The van der Waals surface area contributed by atoms with Gasteiger partial charge in [0.25, 0.3) is 5.91 Å². The summed E-state index contributed by atoms with van der Waals surface area (Å²) in [6.07, 6.45) is 1.27. The topological polar surface area (TPSA) is 49.8 Å². The van der Waals surface area contributed by atoms with Crippen molar-refractivity contribution in [1.29, 1.82) is 0 Å². The largest absolute Gasteiger partial charge is 0.390 e.